The predicted molar refractivity (Wildman–Crippen MR) is 59.4 cm³/mol. The van der Waals surface area contributed by atoms with Crippen LogP contribution in [0.5, 0.6) is 0 Å². The van der Waals surface area contributed by atoms with Crippen LogP contribution in [0.25, 0.3) is 0 Å². The number of aliphatic hydroxyl groups excluding tert-OH is 2. The maximum atomic E-state index is 11.9. The van der Waals surface area contributed by atoms with Gasteiger partial charge in [0.15, 0.2) is 0 Å². The Hall–Kier alpha value is -0.610. The molecule has 1 amide bonds. The molecule has 0 aromatic rings. The molecule has 0 heterocycles. The molecule has 2 N–H and O–H groups in total. The van der Waals surface area contributed by atoms with Crippen LogP contribution in [0.1, 0.15) is 33.6 Å². The van der Waals surface area contributed by atoms with Gasteiger partial charge in [-0.25, -0.2) is 0 Å². The molecule has 90 valence electrons. The third kappa shape index (κ3) is 5.74. The first-order valence-electron chi connectivity index (χ1n) is 5.44. The normalized spacial score (nSPS) is 11.5. The second-order valence-electron chi connectivity index (χ2n) is 4.70. The van der Waals surface area contributed by atoms with Crippen molar-refractivity contribution >= 4 is 5.91 Å². The standard InChI is InChI=1S/C11H23NO3/c1-11(2,3)10(15)12(6-4-8-13)7-5-9-14/h13-14H,4-9H2,1-3H3. The number of amides is 1. The van der Waals surface area contributed by atoms with Crippen molar-refractivity contribution in [2.45, 2.75) is 33.6 Å². The van der Waals surface area contributed by atoms with Crippen LogP contribution >= 0.6 is 0 Å². The summed E-state index contributed by atoms with van der Waals surface area (Å²) in [6, 6.07) is 0. The zero-order valence-electron chi connectivity index (χ0n) is 9.99. The predicted octanol–water partition coefficient (Wildman–Crippen LogP) is 0.626. The third-order valence-corrected chi connectivity index (χ3v) is 2.10. The smallest absolute Gasteiger partial charge is 0.227 e. The molecule has 0 aliphatic heterocycles. The first-order valence-corrected chi connectivity index (χ1v) is 5.44. The van der Waals surface area contributed by atoms with E-state index in [0.717, 1.165) is 0 Å². The Kier molecular flexibility index (Phi) is 6.52. The van der Waals surface area contributed by atoms with E-state index in [1.807, 2.05) is 20.8 Å². The highest BCUT2D eigenvalue weighted by Gasteiger charge is 2.26. The van der Waals surface area contributed by atoms with Crippen molar-refractivity contribution in [1.29, 1.82) is 0 Å². The summed E-state index contributed by atoms with van der Waals surface area (Å²) in [4.78, 5) is 13.7. The largest absolute Gasteiger partial charge is 0.396 e. The third-order valence-electron chi connectivity index (χ3n) is 2.10. The molecule has 0 bridgehead atoms. The lowest BCUT2D eigenvalue weighted by Crippen LogP contribution is -2.41. The van der Waals surface area contributed by atoms with Crippen LogP contribution in [0, 0.1) is 5.41 Å². The molecule has 0 fully saturated rings. The number of aliphatic hydroxyl groups is 2. The molecule has 4 heteroatoms. The maximum Gasteiger partial charge on any atom is 0.227 e. The van der Waals surface area contributed by atoms with Crippen LogP contribution in [0.2, 0.25) is 0 Å². The Morgan fingerprint density at radius 3 is 1.73 bits per heavy atom. The lowest BCUT2D eigenvalue weighted by Gasteiger charge is -2.29. The van der Waals surface area contributed by atoms with E-state index in [-0.39, 0.29) is 19.1 Å². The molecular weight excluding hydrogens is 194 g/mol. The molecule has 15 heavy (non-hydrogen) atoms. The maximum absolute atomic E-state index is 11.9. The van der Waals surface area contributed by atoms with Crippen molar-refractivity contribution in [3.8, 4) is 0 Å². The quantitative estimate of drug-likeness (QED) is 0.686. The van der Waals surface area contributed by atoms with E-state index < -0.39 is 5.41 Å². The Bertz CT molecular complexity index is 179. The van der Waals surface area contributed by atoms with Crippen LogP contribution in [-0.2, 0) is 4.79 Å². The first kappa shape index (κ1) is 14.4. The molecule has 0 aliphatic rings. The van der Waals surface area contributed by atoms with Gasteiger partial charge in [-0.15, -0.1) is 0 Å². The minimum Gasteiger partial charge on any atom is -0.396 e. The molecule has 0 saturated carbocycles. The van der Waals surface area contributed by atoms with Crippen LogP contribution in [0.4, 0.5) is 0 Å². The summed E-state index contributed by atoms with van der Waals surface area (Å²) in [5.74, 6) is 0.0735. The highest BCUT2D eigenvalue weighted by atomic mass is 16.3. The van der Waals surface area contributed by atoms with Crippen molar-refractivity contribution in [3.63, 3.8) is 0 Å². The summed E-state index contributed by atoms with van der Waals surface area (Å²) >= 11 is 0. The van der Waals surface area contributed by atoms with Crippen LogP contribution in [0.15, 0.2) is 0 Å². The van der Waals surface area contributed by atoms with Crippen molar-refractivity contribution in [3.05, 3.63) is 0 Å². The van der Waals surface area contributed by atoms with Gasteiger partial charge in [0.2, 0.25) is 5.91 Å². The number of rotatable bonds is 6. The lowest BCUT2D eigenvalue weighted by atomic mass is 9.94. The van der Waals surface area contributed by atoms with Crippen molar-refractivity contribution in [1.82, 2.24) is 4.90 Å². The molecular formula is C11H23NO3. The summed E-state index contributed by atoms with van der Waals surface area (Å²) in [6.07, 6.45) is 1.18. The molecule has 0 atom stereocenters. The zero-order valence-corrected chi connectivity index (χ0v) is 9.99. The summed E-state index contributed by atoms with van der Waals surface area (Å²) in [6.45, 7) is 6.93. The van der Waals surface area contributed by atoms with Gasteiger partial charge in [0, 0.05) is 31.7 Å². The summed E-state index contributed by atoms with van der Waals surface area (Å²) in [7, 11) is 0. The van der Waals surface area contributed by atoms with Gasteiger partial charge in [-0.3, -0.25) is 4.79 Å². The zero-order chi connectivity index (χ0) is 11.9. The van der Waals surface area contributed by atoms with Gasteiger partial charge in [-0.1, -0.05) is 20.8 Å². The minimum absolute atomic E-state index is 0.0735. The highest BCUT2D eigenvalue weighted by Crippen LogP contribution is 2.17. The van der Waals surface area contributed by atoms with Crippen molar-refractivity contribution < 1.29 is 15.0 Å². The van der Waals surface area contributed by atoms with Gasteiger partial charge in [0.05, 0.1) is 0 Å². The molecule has 0 radical (unpaired) electrons. The lowest BCUT2D eigenvalue weighted by molar-refractivity contribution is -0.139. The fourth-order valence-electron chi connectivity index (χ4n) is 1.31. The van der Waals surface area contributed by atoms with E-state index in [9.17, 15) is 4.79 Å². The van der Waals surface area contributed by atoms with Crippen LogP contribution in [0.3, 0.4) is 0 Å². The SMILES string of the molecule is CC(C)(C)C(=O)N(CCCO)CCCO. The van der Waals surface area contributed by atoms with Gasteiger partial charge in [0.1, 0.15) is 0 Å². The molecule has 0 spiro atoms. The summed E-state index contributed by atoms with van der Waals surface area (Å²) in [5.41, 5.74) is -0.398. The molecule has 4 nitrogen and oxygen atoms in total. The second kappa shape index (κ2) is 6.80. The van der Waals surface area contributed by atoms with Crippen LogP contribution < -0.4 is 0 Å². The number of carbonyl (C=O) groups excluding carboxylic acids is 1. The number of hydrogen-bond acceptors (Lipinski definition) is 3. The fourth-order valence-corrected chi connectivity index (χ4v) is 1.31. The summed E-state index contributed by atoms with van der Waals surface area (Å²) < 4.78 is 0. The highest BCUT2D eigenvalue weighted by molar-refractivity contribution is 5.81. The van der Waals surface area contributed by atoms with Gasteiger partial charge in [-0.2, -0.15) is 0 Å². The molecule has 0 unspecified atom stereocenters. The van der Waals surface area contributed by atoms with Gasteiger partial charge in [0.25, 0.3) is 0 Å². The Morgan fingerprint density at radius 1 is 1.07 bits per heavy atom. The van der Waals surface area contributed by atoms with E-state index >= 15 is 0 Å². The van der Waals surface area contributed by atoms with E-state index in [0.29, 0.717) is 25.9 Å². The Labute approximate surface area is 91.9 Å². The van der Waals surface area contributed by atoms with Crippen LogP contribution in [-0.4, -0.2) is 47.3 Å². The number of hydrogen-bond donors (Lipinski definition) is 2. The first-order chi connectivity index (χ1) is 6.93. The average molecular weight is 217 g/mol. The topological polar surface area (TPSA) is 60.8 Å². The Balaban J connectivity index is 4.27. The van der Waals surface area contributed by atoms with E-state index in [4.69, 9.17) is 10.2 Å². The molecule has 0 aliphatic carbocycles. The van der Waals surface area contributed by atoms with E-state index in [1.165, 1.54) is 0 Å². The number of nitrogens with zero attached hydrogens (tertiary/aromatic N) is 1. The molecule has 0 aromatic carbocycles. The van der Waals surface area contributed by atoms with E-state index in [2.05, 4.69) is 0 Å². The molecule has 0 aromatic heterocycles. The van der Waals surface area contributed by atoms with E-state index in [1.54, 1.807) is 4.90 Å². The fraction of sp³-hybridized carbons (Fsp3) is 0.909. The van der Waals surface area contributed by atoms with Crippen molar-refractivity contribution in [2.75, 3.05) is 26.3 Å². The van der Waals surface area contributed by atoms with Gasteiger partial charge < -0.3 is 15.1 Å². The minimum atomic E-state index is -0.398. The van der Waals surface area contributed by atoms with Gasteiger partial charge in [-0.05, 0) is 12.8 Å². The average Bonchev–Trinajstić information content (AvgIpc) is 2.16. The Morgan fingerprint density at radius 2 is 1.47 bits per heavy atom. The number of carbonyl (C=O) groups is 1. The monoisotopic (exact) mass is 217 g/mol. The summed E-state index contributed by atoms with van der Waals surface area (Å²) in [5, 5.41) is 17.5. The molecule has 0 saturated heterocycles. The molecule has 0 rings (SSSR count). The van der Waals surface area contributed by atoms with Crippen molar-refractivity contribution in [2.24, 2.45) is 5.41 Å². The van der Waals surface area contributed by atoms with Gasteiger partial charge >= 0.3 is 0 Å². The second-order valence-corrected chi connectivity index (χ2v) is 4.70.